The number of rotatable bonds is 1. The molecule has 10 heteroatoms. The van der Waals surface area contributed by atoms with E-state index in [9.17, 15) is 30.0 Å². The van der Waals surface area contributed by atoms with E-state index in [1.807, 2.05) is 13.0 Å². The van der Waals surface area contributed by atoms with E-state index in [1.165, 1.54) is 6.08 Å². The fraction of sp³-hybridized carbons (Fsp3) is 0.793. The summed E-state index contributed by atoms with van der Waals surface area (Å²) in [7, 11) is 0. The second-order valence-electron chi connectivity index (χ2n) is 13.4. The fourth-order valence-corrected chi connectivity index (χ4v) is 9.59. The highest BCUT2D eigenvalue weighted by molar-refractivity contribution is 5.93. The molecule has 10 nitrogen and oxygen atoms in total. The number of ether oxygens (including phenoxy) is 4. The molecule has 0 bridgehead atoms. The quantitative estimate of drug-likeness (QED) is 0.276. The molecule has 4 N–H and O–H groups in total. The summed E-state index contributed by atoms with van der Waals surface area (Å²) in [6.07, 6.45) is 1.01. The summed E-state index contributed by atoms with van der Waals surface area (Å²) in [4.78, 5) is 25.9. The summed E-state index contributed by atoms with van der Waals surface area (Å²) in [6, 6.07) is 0. The molecule has 39 heavy (non-hydrogen) atoms. The third kappa shape index (κ3) is 3.22. The number of carbonyl (C=O) groups is 2. The molecule has 3 saturated carbocycles. The summed E-state index contributed by atoms with van der Waals surface area (Å²) in [5, 5.41) is 45.9. The smallest absolute Gasteiger partial charge is 0.331 e. The van der Waals surface area contributed by atoms with Gasteiger partial charge in [-0.3, -0.25) is 4.79 Å². The molecule has 7 aliphatic rings. The van der Waals surface area contributed by atoms with Crippen molar-refractivity contribution in [2.24, 2.45) is 28.6 Å². The Morgan fingerprint density at radius 3 is 2.56 bits per heavy atom. The summed E-state index contributed by atoms with van der Waals surface area (Å²) in [5.41, 5.74) is -1.53. The van der Waals surface area contributed by atoms with E-state index in [1.54, 1.807) is 13.8 Å². The lowest BCUT2D eigenvalue weighted by atomic mass is 9.43. The van der Waals surface area contributed by atoms with Crippen molar-refractivity contribution >= 4 is 11.8 Å². The van der Waals surface area contributed by atoms with Crippen LogP contribution < -0.4 is 0 Å². The Kier molecular flexibility index (Phi) is 5.53. The number of ketones is 1. The maximum Gasteiger partial charge on any atom is 0.331 e. The number of carbonyl (C=O) groups excluding carboxylic acids is 2. The topological polar surface area (TPSA) is 152 Å². The number of esters is 1. The van der Waals surface area contributed by atoms with E-state index in [4.69, 9.17) is 18.9 Å². The van der Waals surface area contributed by atoms with Crippen LogP contribution in [-0.4, -0.2) is 87.0 Å². The zero-order valence-electron chi connectivity index (χ0n) is 22.5. The van der Waals surface area contributed by atoms with Crippen molar-refractivity contribution in [3.05, 3.63) is 23.3 Å². The molecule has 0 amide bonds. The Bertz CT molecular complexity index is 1180. The Hall–Kier alpha value is -1.66. The Balaban J connectivity index is 1.24. The van der Waals surface area contributed by atoms with Crippen LogP contribution in [0.2, 0.25) is 0 Å². The van der Waals surface area contributed by atoms with E-state index in [-0.39, 0.29) is 36.8 Å². The molecule has 0 aromatic rings. The predicted molar refractivity (Wildman–Crippen MR) is 133 cm³/mol. The molecule has 4 aliphatic carbocycles. The summed E-state index contributed by atoms with van der Waals surface area (Å²) < 4.78 is 23.3. The van der Waals surface area contributed by atoms with Gasteiger partial charge in [-0.25, -0.2) is 4.79 Å². The Labute approximate surface area is 226 Å². The largest absolute Gasteiger partial charge is 0.458 e. The van der Waals surface area contributed by atoms with E-state index in [0.29, 0.717) is 37.7 Å². The molecular weight excluding hydrogens is 508 g/mol. The average molecular weight is 547 g/mol. The van der Waals surface area contributed by atoms with Gasteiger partial charge >= 0.3 is 5.97 Å². The molecule has 0 spiro atoms. The van der Waals surface area contributed by atoms with Crippen LogP contribution in [-0.2, 0) is 28.5 Å². The van der Waals surface area contributed by atoms with Gasteiger partial charge in [-0.05, 0) is 68.8 Å². The highest BCUT2D eigenvalue weighted by Gasteiger charge is 2.74. The molecule has 3 heterocycles. The first kappa shape index (κ1) is 26.3. The number of aliphatic hydroxyl groups is 4. The molecule has 0 unspecified atom stereocenters. The minimum absolute atomic E-state index is 0.112. The normalized spacial score (nSPS) is 56.3. The molecule has 0 aromatic heterocycles. The number of allylic oxidation sites excluding steroid dienone is 1. The molecule has 7 rings (SSSR count). The van der Waals surface area contributed by atoms with Crippen molar-refractivity contribution in [3.63, 3.8) is 0 Å². The molecular formula is C29H38O10. The molecule has 5 fully saturated rings. The summed E-state index contributed by atoms with van der Waals surface area (Å²) in [5.74, 6) is -4.06. The lowest BCUT2D eigenvalue weighted by Gasteiger charge is -2.63. The van der Waals surface area contributed by atoms with E-state index in [0.717, 1.165) is 5.57 Å². The first-order chi connectivity index (χ1) is 18.3. The van der Waals surface area contributed by atoms with Gasteiger partial charge in [0.05, 0.1) is 23.2 Å². The zero-order chi connectivity index (χ0) is 27.7. The van der Waals surface area contributed by atoms with Crippen molar-refractivity contribution in [1.29, 1.82) is 0 Å². The zero-order valence-corrected chi connectivity index (χ0v) is 22.5. The van der Waals surface area contributed by atoms with Crippen molar-refractivity contribution in [1.82, 2.24) is 0 Å². The molecule has 0 radical (unpaired) electrons. The minimum Gasteiger partial charge on any atom is -0.458 e. The Morgan fingerprint density at radius 1 is 1.08 bits per heavy atom. The van der Waals surface area contributed by atoms with Crippen LogP contribution in [0.15, 0.2) is 23.3 Å². The van der Waals surface area contributed by atoms with Gasteiger partial charge in [0.25, 0.3) is 0 Å². The highest BCUT2D eigenvalue weighted by Crippen LogP contribution is 2.68. The van der Waals surface area contributed by atoms with Gasteiger partial charge in [0.15, 0.2) is 5.78 Å². The van der Waals surface area contributed by atoms with Crippen molar-refractivity contribution in [3.8, 4) is 0 Å². The highest BCUT2D eigenvalue weighted by atomic mass is 16.8. The van der Waals surface area contributed by atoms with Crippen LogP contribution in [0.3, 0.4) is 0 Å². The van der Waals surface area contributed by atoms with Gasteiger partial charge in [-0.1, -0.05) is 18.6 Å². The van der Waals surface area contributed by atoms with Gasteiger partial charge in [0.2, 0.25) is 12.1 Å². The van der Waals surface area contributed by atoms with Crippen LogP contribution >= 0.6 is 0 Å². The lowest BCUT2D eigenvalue weighted by molar-refractivity contribution is -0.447. The third-order valence-corrected chi connectivity index (χ3v) is 11.6. The second kappa shape index (κ2) is 8.21. The molecule has 3 aliphatic heterocycles. The maximum absolute atomic E-state index is 14.1. The van der Waals surface area contributed by atoms with Gasteiger partial charge < -0.3 is 39.4 Å². The molecule has 2 saturated heterocycles. The van der Waals surface area contributed by atoms with Crippen LogP contribution in [0.4, 0.5) is 0 Å². The number of fused-ring (bicyclic) bond motifs is 7. The first-order valence-corrected chi connectivity index (χ1v) is 14.3. The third-order valence-electron chi connectivity index (χ3n) is 11.6. The van der Waals surface area contributed by atoms with Crippen LogP contribution in [0.25, 0.3) is 0 Å². The van der Waals surface area contributed by atoms with E-state index >= 15 is 0 Å². The first-order valence-electron chi connectivity index (χ1n) is 14.3. The van der Waals surface area contributed by atoms with Gasteiger partial charge in [0.1, 0.15) is 24.9 Å². The van der Waals surface area contributed by atoms with Crippen molar-refractivity contribution in [2.45, 2.75) is 107 Å². The van der Waals surface area contributed by atoms with E-state index in [2.05, 4.69) is 0 Å². The fourth-order valence-electron chi connectivity index (χ4n) is 9.59. The van der Waals surface area contributed by atoms with Crippen LogP contribution in [0.1, 0.15) is 59.3 Å². The number of hydrogen-bond donors (Lipinski definition) is 4. The predicted octanol–water partition coefficient (Wildman–Crippen LogP) is 0.892. The Morgan fingerprint density at radius 2 is 1.85 bits per heavy atom. The SMILES string of the molecule is C[C@@H]1C[C@@H](O)[C@]2(O)O[C@@H]3C=C4CC[C@@H]5[C@H]([C@H](O)C(=O)[C@]6(C)[C@@H](C7=CC(=O)OC7)CC[C@]56O)[C@@]4(C)C[C@H]3O[C@@H]2O1. The minimum atomic E-state index is -1.98. The lowest BCUT2D eigenvalue weighted by Crippen LogP contribution is -2.71. The number of cyclic esters (lactones) is 1. The maximum atomic E-state index is 14.1. The number of hydrogen-bond acceptors (Lipinski definition) is 10. The van der Waals surface area contributed by atoms with Gasteiger partial charge in [-0.15, -0.1) is 0 Å². The number of Topliss-reactive ketones (excluding diaryl/α,β-unsaturated/α-hetero) is 1. The van der Waals surface area contributed by atoms with Crippen molar-refractivity contribution in [2.75, 3.05) is 6.61 Å². The molecule has 214 valence electrons. The average Bonchev–Trinajstić information content (AvgIpc) is 3.42. The molecule has 0 aromatic carbocycles. The van der Waals surface area contributed by atoms with Crippen molar-refractivity contribution < 1.29 is 49.0 Å². The second-order valence-corrected chi connectivity index (χ2v) is 13.4. The summed E-state index contributed by atoms with van der Waals surface area (Å²) in [6.45, 7) is 5.69. The standard InChI is InChI=1S/C29H38O10/c1-13-8-20(30)29(35)25(37-13)38-19-11-26(2)15(10-18(19)39-29)4-5-17-22(26)23(32)24(33)27(3)16(6-7-28(17,27)34)14-9-21(31)36-12-14/h9-10,13,16-20,22-23,25,30,32,34-35H,4-8,11-12H2,1-3H3/t13-,16-,17-,18-,19-,20-,22-,23+,25+,26+,27+,28+,29+/m1/s1. The van der Waals surface area contributed by atoms with E-state index < -0.39 is 64.8 Å². The van der Waals surface area contributed by atoms with Gasteiger partial charge in [-0.2, -0.15) is 0 Å². The molecule has 13 atom stereocenters. The monoisotopic (exact) mass is 546 g/mol. The van der Waals surface area contributed by atoms with Crippen LogP contribution in [0, 0.1) is 28.6 Å². The number of aliphatic hydroxyl groups excluding tert-OH is 2. The van der Waals surface area contributed by atoms with Crippen LogP contribution in [0.5, 0.6) is 0 Å². The summed E-state index contributed by atoms with van der Waals surface area (Å²) >= 11 is 0. The van der Waals surface area contributed by atoms with Gasteiger partial charge in [0, 0.05) is 18.4 Å².